The van der Waals surface area contributed by atoms with E-state index in [4.69, 9.17) is 56.8 Å². The Hall–Kier alpha value is -4.64. The van der Waals surface area contributed by atoms with Crippen LogP contribution in [0.4, 0.5) is 0 Å². The van der Waals surface area contributed by atoms with Crippen LogP contribution in [0, 0.1) is 39.9 Å². The van der Waals surface area contributed by atoms with E-state index in [0.29, 0.717) is 77.0 Å². The number of esters is 8. The van der Waals surface area contributed by atoms with Crippen molar-refractivity contribution < 1.29 is 95.2 Å². The fourth-order valence-corrected chi connectivity index (χ4v) is 20.6. The highest BCUT2D eigenvalue weighted by molar-refractivity contribution is 6.01. The molecule has 0 radical (unpaired) electrons. The lowest BCUT2D eigenvalue weighted by molar-refractivity contribution is -0.337. The molecule has 0 saturated carbocycles. The van der Waals surface area contributed by atoms with Gasteiger partial charge in [0.15, 0.2) is 24.4 Å². The van der Waals surface area contributed by atoms with Gasteiger partial charge in [0.25, 0.3) is 0 Å². The summed E-state index contributed by atoms with van der Waals surface area (Å²) in [6, 6.07) is 0. The average Bonchev–Trinajstić information content (AvgIpc) is 0.829. The van der Waals surface area contributed by atoms with Gasteiger partial charge < -0.3 is 56.8 Å². The lowest BCUT2D eigenvalue weighted by atomic mass is 9.78. The molecule has 0 aromatic heterocycles. The SMILES string of the molecule is CN1C(C)(C)CC(OC(=O)C(CC(=O)OCC(C)(C)C2OCC3(CO2)COC(C(C)(C)COC(=O)CC(C(=O)OC2CC(C)(C)N(C)C(C)(C)C2)C(C(=O)OC2CC(C)(C)N(C)C(C)(C)C2)C(=O)OC2CC(C)(C)N(C)C(C)(C)C2)OC3)C(C(=O)OC2CC(C)(C)N(C)C(C)(C)C2)C(=O)OC2CC(C)(C)N(C)C(C)(C)C2)CC1(C)C. The molecule has 0 N–H and O–H groups in total. The number of ether oxygens (including phenoxy) is 12. The molecule has 0 aliphatic carbocycles. The third-order valence-electron chi connectivity index (χ3n) is 29.2. The highest BCUT2D eigenvalue weighted by Gasteiger charge is 2.58. The number of piperidine rings is 6. The van der Waals surface area contributed by atoms with Crippen LogP contribution in [0.3, 0.4) is 0 Å². The Bertz CT molecular complexity index is 3050. The number of likely N-dealkylation sites (tertiary alicyclic amines) is 6. The van der Waals surface area contributed by atoms with E-state index < -0.39 is 216 Å². The first-order chi connectivity index (χ1) is 52.0. The van der Waals surface area contributed by atoms with Crippen molar-refractivity contribution in [2.24, 2.45) is 39.9 Å². The van der Waals surface area contributed by atoms with Gasteiger partial charge >= 0.3 is 47.8 Å². The molecule has 8 rings (SSSR count). The number of nitrogens with zero attached hydrogens (tertiary/aromatic N) is 6. The molecule has 8 aliphatic rings. The number of carbonyl (C=O) groups excluding carboxylic acids is 8. The van der Waals surface area contributed by atoms with Crippen LogP contribution in [-0.4, -0.2) is 275 Å². The number of hydrogen-bond acceptors (Lipinski definition) is 26. The van der Waals surface area contributed by atoms with Crippen molar-refractivity contribution in [2.45, 2.75) is 399 Å². The molecule has 26 nitrogen and oxygen atoms in total. The first-order valence-corrected chi connectivity index (χ1v) is 42.5. The van der Waals surface area contributed by atoms with Crippen LogP contribution in [0.2, 0.25) is 0 Å². The van der Waals surface area contributed by atoms with Crippen molar-refractivity contribution in [1.29, 1.82) is 0 Å². The lowest BCUT2D eigenvalue weighted by Gasteiger charge is -2.53. The zero-order chi connectivity index (χ0) is 87.1. The van der Waals surface area contributed by atoms with Crippen LogP contribution in [0.25, 0.3) is 0 Å². The molecule has 0 aromatic rings. The summed E-state index contributed by atoms with van der Waals surface area (Å²) < 4.78 is 76.7. The molecular formula is C89H154N6O20. The zero-order valence-corrected chi connectivity index (χ0v) is 77.4. The van der Waals surface area contributed by atoms with Crippen molar-refractivity contribution in [3.63, 3.8) is 0 Å². The predicted octanol–water partition coefficient (Wildman–Crippen LogP) is 12.3. The van der Waals surface area contributed by atoms with Crippen molar-refractivity contribution in [2.75, 3.05) is 81.9 Å². The molecule has 8 aliphatic heterocycles. The van der Waals surface area contributed by atoms with Crippen molar-refractivity contribution >= 4 is 47.8 Å². The average molecular weight is 1630 g/mol. The minimum absolute atomic E-state index is 0.107. The summed E-state index contributed by atoms with van der Waals surface area (Å²) >= 11 is 0. The standard InChI is InChI=1S/C89H154N6O20/c1-75(2,49-104-63(96)35-61(67(98)110-55-37-77(5,6)90(29)78(7,8)38-55)65(69(100)112-57-41-81(13,14)92(31)82(15,16)42-57)70(101)113-58-43-83(17,18)93(32)84(19,20)44-58)73-106-51-89(52-107-73)53-108-74(109-54-89)76(3,4)50-105-64(97)36-62(68(99)111-56-39-79(9,10)91(30)80(11,12)40-56)66(71(102)114-59-45-85(21,22)94(33)86(23,24)46-59)72(103)115-60-47-87(25,26)95(34)88(27,28)48-60/h55-62,65-66,73-74H,35-54H2,1-34H3. The molecule has 8 saturated heterocycles. The second-order valence-electron chi connectivity index (χ2n) is 45.2. The van der Waals surface area contributed by atoms with E-state index in [1.807, 2.05) is 70.0 Å². The predicted molar refractivity (Wildman–Crippen MR) is 437 cm³/mol. The Morgan fingerprint density at radius 2 is 0.443 bits per heavy atom. The number of rotatable bonds is 24. The van der Waals surface area contributed by atoms with E-state index >= 15 is 28.8 Å². The first kappa shape index (κ1) is 95.8. The summed E-state index contributed by atoms with van der Waals surface area (Å²) in [5.74, 6) is -14.6. The topological polar surface area (TPSA) is 267 Å². The minimum atomic E-state index is -1.90. The van der Waals surface area contributed by atoms with E-state index in [9.17, 15) is 9.59 Å². The molecule has 660 valence electrons. The molecule has 26 heteroatoms. The van der Waals surface area contributed by atoms with Gasteiger partial charge in [-0.1, -0.05) is 27.7 Å². The van der Waals surface area contributed by atoms with Crippen LogP contribution >= 0.6 is 0 Å². The maximum absolute atomic E-state index is 15.3. The van der Waals surface area contributed by atoms with Gasteiger partial charge in [0.1, 0.15) is 49.8 Å². The Balaban J connectivity index is 0.961. The van der Waals surface area contributed by atoms with Gasteiger partial charge in [0.05, 0.1) is 56.5 Å². The van der Waals surface area contributed by atoms with Gasteiger partial charge in [-0.25, -0.2) is 0 Å². The quantitative estimate of drug-likeness (QED) is 0.0493. The fraction of sp³-hybridized carbons (Fsp3) is 0.910. The second-order valence-corrected chi connectivity index (χ2v) is 45.2. The van der Waals surface area contributed by atoms with Gasteiger partial charge in [-0.15, -0.1) is 0 Å². The van der Waals surface area contributed by atoms with Gasteiger partial charge in [-0.3, -0.25) is 67.8 Å². The van der Waals surface area contributed by atoms with Crippen molar-refractivity contribution in [1.82, 2.24) is 29.4 Å². The maximum Gasteiger partial charge on any atom is 0.321 e. The Labute approximate surface area is 690 Å². The van der Waals surface area contributed by atoms with Crippen LogP contribution in [0.15, 0.2) is 0 Å². The number of hydrogen-bond donors (Lipinski definition) is 0. The maximum atomic E-state index is 15.3. The Morgan fingerprint density at radius 1 is 0.287 bits per heavy atom. The molecule has 1 spiro atoms. The summed E-state index contributed by atoms with van der Waals surface area (Å²) in [6.45, 7) is 56.9. The molecule has 115 heavy (non-hydrogen) atoms. The molecule has 0 bridgehead atoms. The fourth-order valence-electron chi connectivity index (χ4n) is 20.6. The smallest absolute Gasteiger partial charge is 0.321 e. The van der Waals surface area contributed by atoms with Crippen molar-refractivity contribution in [3.8, 4) is 0 Å². The van der Waals surface area contributed by atoms with E-state index in [0.717, 1.165) is 0 Å². The van der Waals surface area contributed by atoms with Crippen molar-refractivity contribution in [3.05, 3.63) is 0 Å². The molecule has 2 unspecified atom stereocenters. The lowest BCUT2D eigenvalue weighted by Crippen LogP contribution is -2.61. The zero-order valence-electron chi connectivity index (χ0n) is 77.4. The van der Waals surface area contributed by atoms with E-state index in [2.05, 4.69) is 196 Å². The molecule has 0 amide bonds. The molecule has 8 fully saturated rings. The third-order valence-corrected chi connectivity index (χ3v) is 29.2. The Morgan fingerprint density at radius 3 is 0.609 bits per heavy atom. The van der Waals surface area contributed by atoms with Gasteiger partial charge in [0, 0.05) is 154 Å². The summed E-state index contributed by atoms with van der Waals surface area (Å²) in [7, 11) is 12.2. The van der Waals surface area contributed by atoms with E-state index in [1.54, 1.807) is 0 Å². The summed E-state index contributed by atoms with van der Waals surface area (Å²) in [4.78, 5) is 135. The molecular weight excluding hydrogens is 1470 g/mol. The summed E-state index contributed by atoms with van der Waals surface area (Å²) in [5, 5.41) is 0. The van der Waals surface area contributed by atoms with Gasteiger partial charge in [-0.05, 0) is 208 Å². The summed E-state index contributed by atoms with van der Waals surface area (Å²) in [5.41, 5.74) is -7.80. The molecule has 8 heterocycles. The largest absolute Gasteiger partial charge is 0.465 e. The van der Waals surface area contributed by atoms with Crippen LogP contribution in [-0.2, 0) is 95.2 Å². The van der Waals surface area contributed by atoms with Gasteiger partial charge in [0.2, 0.25) is 0 Å². The highest BCUT2D eigenvalue weighted by Crippen LogP contribution is 2.48. The van der Waals surface area contributed by atoms with Crippen LogP contribution in [0.1, 0.15) is 284 Å². The van der Waals surface area contributed by atoms with Crippen LogP contribution < -0.4 is 0 Å². The molecule has 2 atom stereocenters. The first-order valence-electron chi connectivity index (χ1n) is 42.5. The number of carbonyl (C=O) groups is 8. The van der Waals surface area contributed by atoms with Crippen LogP contribution in [0.5, 0.6) is 0 Å². The van der Waals surface area contributed by atoms with E-state index in [1.165, 1.54) is 0 Å². The second kappa shape index (κ2) is 33.6. The van der Waals surface area contributed by atoms with E-state index in [-0.39, 0.29) is 39.6 Å². The highest BCUT2D eigenvalue weighted by atomic mass is 16.7. The minimum Gasteiger partial charge on any atom is -0.465 e. The third kappa shape index (κ3) is 22.0. The summed E-state index contributed by atoms with van der Waals surface area (Å²) in [6.07, 6.45) is -1.83. The van der Waals surface area contributed by atoms with Gasteiger partial charge in [-0.2, -0.15) is 0 Å². The monoisotopic (exact) mass is 1630 g/mol. The normalized spacial score (nSPS) is 28.9. The Kier molecular flexibility index (Phi) is 28.0. The molecule has 0 aromatic carbocycles.